The van der Waals surface area contributed by atoms with Gasteiger partial charge in [0.2, 0.25) is 5.89 Å². The van der Waals surface area contributed by atoms with Crippen LogP contribution in [0.4, 0.5) is 0 Å². The fraction of sp³-hybridized carbons (Fsp3) is 0.600. The summed E-state index contributed by atoms with van der Waals surface area (Å²) in [5.41, 5.74) is 0. The quantitative estimate of drug-likeness (QED) is 0.844. The van der Waals surface area contributed by atoms with Gasteiger partial charge in [-0.15, -0.1) is 0 Å². The predicted octanol–water partition coefficient (Wildman–Crippen LogP) is 2.84. The minimum absolute atomic E-state index is 0.123. The largest absolute Gasteiger partial charge is 0.462 e. The zero-order valence-electron chi connectivity index (χ0n) is 12.5. The molecule has 114 valence electrons. The monoisotopic (exact) mass is 291 g/mol. The van der Waals surface area contributed by atoms with Gasteiger partial charge in [-0.2, -0.15) is 4.98 Å². The lowest BCUT2D eigenvalue weighted by Crippen LogP contribution is -2.17. The number of hydrogen-bond donors (Lipinski definition) is 0. The van der Waals surface area contributed by atoms with E-state index in [1.807, 2.05) is 19.2 Å². The summed E-state index contributed by atoms with van der Waals surface area (Å²) in [6.07, 6.45) is 3.53. The average Bonchev–Trinajstić information content (AvgIpc) is 3.09. The Balaban J connectivity index is 1.56. The Hall–Kier alpha value is -1.66. The number of aryl methyl sites for hydroxylation is 1. The van der Waals surface area contributed by atoms with E-state index in [0.29, 0.717) is 24.8 Å². The fourth-order valence-electron chi connectivity index (χ4n) is 2.59. The lowest BCUT2D eigenvalue weighted by Gasteiger charge is -2.20. The lowest BCUT2D eigenvalue weighted by molar-refractivity contribution is 0.000899. The minimum Gasteiger partial charge on any atom is -0.462 e. The van der Waals surface area contributed by atoms with Crippen molar-refractivity contribution < 1.29 is 13.7 Å². The molecule has 0 N–H and O–H groups in total. The first kappa shape index (κ1) is 14.3. The highest BCUT2D eigenvalue weighted by Gasteiger charge is 2.19. The first-order valence-electron chi connectivity index (χ1n) is 7.38. The second kappa shape index (κ2) is 6.41. The van der Waals surface area contributed by atoms with Crippen molar-refractivity contribution in [1.82, 2.24) is 15.0 Å². The number of nitrogens with zero attached hydrogens (tertiary/aromatic N) is 3. The maximum absolute atomic E-state index is 5.91. The van der Waals surface area contributed by atoms with Gasteiger partial charge in [0.05, 0.1) is 13.1 Å². The Morgan fingerprint density at radius 2 is 2.19 bits per heavy atom. The molecule has 1 aliphatic rings. The number of furan rings is 1. The molecule has 0 spiro atoms. The molecule has 0 saturated carbocycles. The van der Waals surface area contributed by atoms with E-state index in [1.165, 1.54) is 6.42 Å². The Labute approximate surface area is 124 Å². The summed E-state index contributed by atoms with van der Waals surface area (Å²) in [4.78, 5) is 6.29. The summed E-state index contributed by atoms with van der Waals surface area (Å²) in [6.45, 7) is 3.96. The van der Waals surface area contributed by atoms with E-state index in [0.717, 1.165) is 31.0 Å². The number of hydrogen-bond acceptors (Lipinski definition) is 6. The molecule has 1 atom stereocenters. The highest BCUT2D eigenvalue weighted by molar-refractivity contribution is 5.10. The van der Waals surface area contributed by atoms with Crippen molar-refractivity contribution in [3.63, 3.8) is 0 Å². The predicted molar refractivity (Wildman–Crippen MR) is 75.5 cm³/mol. The molecule has 0 radical (unpaired) electrons. The second-order valence-electron chi connectivity index (χ2n) is 5.56. The lowest BCUT2D eigenvalue weighted by atomic mass is 10.1. The summed E-state index contributed by atoms with van der Waals surface area (Å²) in [5, 5.41) is 3.90. The molecule has 0 amide bonds. The molecule has 1 unspecified atom stereocenters. The number of rotatable bonds is 5. The fourth-order valence-corrected chi connectivity index (χ4v) is 2.59. The van der Waals surface area contributed by atoms with Gasteiger partial charge in [-0.3, -0.25) is 4.90 Å². The number of aromatic nitrogens is 2. The van der Waals surface area contributed by atoms with Crippen LogP contribution in [0.3, 0.4) is 0 Å². The summed E-state index contributed by atoms with van der Waals surface area (Å²) >= 11 is 0. The smallest absolute Gasteiger partial charge is 0.223 e. The van der Waals surface area contributed by atoms with Crippen LogP contribution in [0.2, 0.25) is 0 Å². The summed E-state index contributed by atoms with van der Waals surface area (Å²) < 4.78 is 16.6. The van der Waals surface area contributed by atoms with Gasteiger partial charge in [0, 0.05) is 13.5 Å². The third kappa shape index (κ3) is 3.71. The Morgan fingerprint density at radius 1 is 1.29 bits per heavy atom. The SMILES string of the molecule is Cc1nc(CN(C)Cc2ccc(C3CCCCO3)o2)no1. The van der Waals surface area contributed by atoms with E-state index in [-0.39, 0.29) is 6.10 Å². The molecular weight excluding hydrogens is 270 g/mol. The van der Waals surface area contributed by atoms with Crippen LogP contribution in [-0.2, 0) is 17.8 Å². The van der Waals surface area contributed by atoms with E-state index >= 15 is 0 Å². The van der Waals surface area contributed by atoms with Crippen LogP contribution in [0, 0.1) is 6.92 Å². The van der Waals surface area contributed by atoms with E-state index in [1.54, 1.807) is 6.92 Å². The van der Waals surface area contributed by atoms with Gasteiger partial charge in [-0.1, -0.05) is 5.16 Å². The first-order valence-corrected chi connectivity index (χ1v) is 7.38. The van der Waals surface area contributed by atoms with Gasteiger partial charge in [-0.25, -0.2) is 0 Å². The Bertz CT molecular complexity index is 572. The molecule has 6 heteroatoms. The molecule has 21 heavy (non-hydrogen) atoms. The molecule has 0 bridgehead atoms. The van der Waals surface area contributed by atoms with E-state index in [4.69, 9.17) is 13.7 Å². The molecule has 1 fully saturated rings. The van der Waals surface area contributed by atoms with Crippen molar-refractivity contribution in [3.8, 4) is 0 Å². The molecular formula is C15H21N3O3. The van der Waals surface area contributed by atoms with Crippen molar-refractivity contribution >= 4 is 0 Å². The molecule has 3 heterocycles. The topological polar surface area (TPSA) is 64.5 Å². The van der Waals surface area contributed by atoms with Crippen LogP contribution in [0.1, 0.15) is 48.6 Å². The third-order valence-electron chi connectivity index (χ3n) is 3.59. The molecule has 1 saturated heterocycles. The van der Waals surface area contributed by atoms with Gasteiger partial charge in [-0.05, 0) is 38.4 Å². The van der Waals surface area contributed by atoms with Crippen molar-refractivity contribution in [2.45, 2.75) is 45.4 Å². The maximum Gasteiger partial charge on any atom is 0.223 e. The van der Waals surface area contributed by atoms with Crippen LogP contribution in [0.5, 0.6) is 0 Å². The van der Waals surface area contributed by atoms with Crippen molar-refractivity contribution in [1.29, 1.82) is 0 Å². The zero-order valence-corrected chi connectivity index (χ0v) is 12.5. The molecule has 3 rings (SSSR count). The first-order chi connectivity index (χ1) is 10.2. The van der Waals surface area contributed by atoms with Crippen LogP contribution >= 0.6 is 0 Å². The second-order valence-corrected chi connectivity index (χ2v) is 5.56. The minimum atomic E-state index is 0.123. The van der Waals surface area contributed by atoms with Gasteiger partial charge in [0.25, 0.3) is 0 Å². The summed E-state index contributed by atoms with van der Waals surface area (Å²) in [7, 11) is 2.00. The van der Waals surface area contributed by atoms with Gasteiger partial charge >= 0.3 is 0 Å². The van der Waals surface area contributed by atoms with Crippen molar-refractivity contribution in [2.24, 2.45) is 0 Å². The number of ether oxygens (including phenoxy) is 1. The summed E-state index contributed by atoms with van der Waals surface area (Å²) in [6, 6.07) is 4.04. The zero-order chi connectivity index (χ0) is 14.7. The molecule has 2 aromatic heterocycles. The van der Waals surface area contributed by atoms with Gasteiger partial charge in [0.15, 0.2) is 5.82 Å². The standard InChI is InChI=1S/C15H21N3O3/c1-11-16-15(17-21-11)10-18(2)9-12-6-7-14(20-12)13-5-3-4-8-19-13/h6-7,13H,3-5,8-10H2,1-2H3. The van der Waals surface area contributed by atoms with Gasteiger partial charge < -0.3 is 13.7 Å². The van der Waals surface area contributed by atoms with Crippen molar-refractivity contribution in [2.75, 3.05) is 13.7 Å². The molecule has 6 nitrogen and oxygen atoms in total. The molecule has 2 aromatic rings. The average molecular weight is 291 g/mol. The van der Waals surface area contributed by atoms with Crippen LogP contribution < -0.4 is 0 Å². The van der Waals surface area contributed by atoms with Crippen LogP contribution in [0.25, 0.3) is 0 Å². The van der Waals surface area contributed by atoms with E-state index in [9.17, 15) is 0 Å². The maximum atomic E-state index is 5.91. The Morgan fingerprint density at radius 3 is 2.90 bits per heavy atom. The molecule has 0 aromatic carbocycles. The van der Waals surface area contributed by atoms with Crippen molar-refractivity contribution in [3.05, 3.63) is 35.4 Å². The molecule has 1 aliphatic heterocycles. The Kier molecular flexibility index (Phi) is 4.36. The summed E-state index contributed by atoms with van der Waals surface area (Å²) in [5.74, 6) is 3.15. The van der Waals surface area contributed by atoms with E-state index < -0.39 is 0 Å². The highest BCUT2D eigenvalue weighted by Crippen LogP contribution is 2.29. The highest BCUT2D eigenvalue weighted by atomic mass is 16.5. The van der Waals surface area contributed by atoms with Crippen LogP contribution in [0.15, 0.2) is 21.1 Å². The van der Waals surface area contributed by atoms with E-state index in [2.05, 4.69) is 15.0 Å². The normalized spacial score (nSPS) is 19.3. The third-order valence-corrected chi connectivity index (χ3v) is 3.59. The van der Waals surface area contributed by atoms with Gasteiger partial charge in [0.1, 0.15) is 17.6 Å². The molecule has 0 aliphatic carbocycles. The van der Waals surface area contributed by atoms with Crippen LogP contribution in [-0.4, -0.2) is 28.7 Å².